The molecule has 1 heterocycles. The first-order valence-corrected chi connectivity index (χ1v) is 4.72. The van der Waals surface area contributed by atoms with Gasteiger partial charge < -0.3 is 17.5 Å². The molecule has 0 aliphatic heterocycles. The first-order valence-electron chi connectivity index (χ1n) is 4.72. The average Bonchev–Trinajstić information content (AvgIpc) is 2.26. The van der Waals surface area contributed by atoms with Crippen LogP contribution in [0.4, 0.5) is 0 Å². The molecule has 5 heteroatoms. The summed E-state index contributed by atoms with van der Waals surface area (Å²) in [4.78, 5) is 10.4. The van der Waals surface area contributed by atoms with E-state index in [0.29, 0.717) is 6.54 Å². The average molecular weight is 239 g/mol. The molecule has 84 valence electrons. The van der Waals surface area contributed by atoms with Gasteiger partial charge >= 0.3 is 5.97 Å². The van der Waals surface area contributed by atoms with Crippen LogP contribution in [0.1, 0.15) is 6.42 Å². The maximum Gasteiger partial charge on any atom is 0.309 e. The third-order valence-electron chi connectivity index (χ3n) is 2.18. The minimum Gasteiger partial charge on any atom is -1.00 e. The predicted octanol–water partition coefficient (Wildman–Crippen LogP) is -2.00. The Morgan fingerprint density at radius 3 is 2.69 bits per heavy atom. The molecule has 0 saturated heterocycles. The van der Waals surface area contributed by atoms with Crippen LogP contribution in [0.25, 0.3) is 10.8 Å². The highest BCUT2D eigenvalue weighted by Gasteiger charge is 2.07. The lowest BCUT2D eigenvalue weighted by atomic mass is 10.2. The SMILES string of the molecule is O=C(O)CC[n+]1cc2ccccc2cn1.[Cl-]. The zero-order chi connectivity index (χ0) is 10.7. The van der Waals surface area contributed by atoms with Crippen LogP contribution in [0, 0.1) is 0 Å². The van der Waals surface area contributed by atoms with Crippen molar-refractivity contribution in [2.75, 3.05) is 0 Å². The highest BCUT2D eigenvalue weighted by molar-refractivity contribution is 5.79. The Bertz CT molecular complexity index is 502. The van der Waals surface area contributed by atoms with E-state index in [1.165, 1.54) is 0 Å². The summed E-state index contributed by atoms with van der Waals surface area (Å²) in [5.41, 5.74) is 0. The van der Waals surface area contributed by atoms with Crippen molar-refractivity contribution in [2.24, 2.45) is 0 Å². The number of benzene rings is 1. The van der Waals surface area contributed by atoms with E-state index in [2.05, 4.69) is 5.10 Å². The summed E-state index contributed by atoms with van der Waals surface area (Å²) in [7, 11) is 0. The summed E-state index contributed by atoms with van der Waals surface area (Å²) >= 11 is 0. The van der Waals surface area contributed by atoms with E-state index in [-0.39, 0.29) is 18.8 Å². The van der Waals surface area contributed by atoms with E-state index < -0.39 is 5.97 Å². The van der Waals surface area contributed by atoms with E-state index in [4.69, 9.17) is 5.11 Å². The molecule has 4 nitrogen and oxygen atoms in total. The standard InChI is InChI=1S/C11H10N2O2.ClH/c14-11(15)5-6-13-8-10-4-2-1-3-9(10)7-12-13;/h1-4,7-8H,5-6H2;1H. The lowest BCUT2D eigenvalue weighted by molar-refractivity contribution is -0.751. The number of aliphatic carboxylic acids is 1. The summed E-state index contributed by atoms with van der Waals surface area (Å²) < 4.78 is 1.65. The zero-order valence-corrected chi connectivity index (χ0v) is 9.26. The van der Waals surface area contributed by atoms with Gasteiger partial charge in [0.15, 0.2) is 6.54 Å². The molecule has 0 amide bonds. The van der Waals surface area contributed by atoms with Gasteiger partial charge in [-0.1, -0.05) is 22.9 Å². The molecule has 1 N–H and O–H groups in total. The van der Waals surface area contributed by atoms with Crippen molar-refractivity contribution in [2.45, 2.75) is 13.0 Å². The molecule has 1 aromatic heterocycles. The molecule has 0 fully saturated rings. The molecule has 2 aromatic rings. The summed E-state index contributed by atoms with van der Waals surface area (Å²) in [5, 5.41) is 14.8. The molecule has 0 saturated carbocycles. The van der Waals surface area contributed by atoms with Gasteiger partial charge in [0.2, 0.25) is 6.20 Å². The van der Waals surface area contributed by atoms with Crippen LogP contribution in [0.15, 0.2) is 36.7 Å². The van der Waals surface area contributed by atoms with Crippen molar-refractivity contribution in [1.82, 2.24) is 5.10 Å². The molecule has 0 radical (unpaired) electrons. The molecule has 1 aromatic carbocycles. The third kappa shape index (κ3) is 2.90. The van der Waals surface area contributed by atoms with Crippen LogP contribution in [0.5, 0.6) is 0 Å². The fourth-order valence-electron chi connectivity index (χ4n) is 1.41. The Balaban J connectivity index is 0.00000128. The Hall–Kier alpha value is -1.68. The van der Waals surface area contributed by atoms with Crippen molar-refractivity contribution in [1.29, 1.82) is 0 Å². The summed E-state index contributed by atoms with van der Waals surface area (Å²) in [6.07, 6.45) is 3.70. The van der Waals surface area contributed by atoms with Gasteiger partial charge in [0, 0.05) is 10.8 Å². The predicted molar refractivity (Wildman–Crippen MR) is 54.2 cm³/mol. The van der Waals surface area contributed by atoms with E-state index in [1.807, 2.05) is 30.5 Å². The van der Waals surface area contributed by atoms with Gasteiger partial charge in [0.1, 0.15) is 12.6 Å². The fourth-order valence-corrected chi connectivity index (χ4v) is 1.41. The fraction of sp³-hybridized carbons (Fsp3) is 0.182. The van der Waals surface area contributed by atoms with E-state index >= 15 is 0 Å². The number of carboxylic acids is 1. The molecule has 2 rings (SSSR count). The van der Waals surface area contributed by atoms with Crippen LogP contribution in [0.3, 0.4) is 0 Å². The van der Waals surface area contributed by atoms with E-state index in [9.17, 15) is 4.79 Å². The molecule has 0 unspecified atom stereocenters. The lowest BCUT2D eigenvalue weighted by Crippen LogP contribution is -3.00. The number of carboxylic acid groups (broad SMARTS) is 1. The summed E-state index contributed by atoms with van der Waals surface area (Å²) in [5.74, 6) is -0.808. The number of hydrogen-bond donors (Lipinski definition) is 1. The largest absolute Gasteiger partial charge is 1.00 e. The van der Waals surface area contributed by atoms with Crippen molar-refractivity contribution >= 4 is 16.7 Å². The van der Waals surface area contributed by atoms with Gasteiger partial charge in [0.05, 0.1) is 0 Å². The smallest absolute Gasteiger partial charge is 0.309 e. The van der Waals surface area contributed by atoms with E-state index in [1.54, 1.807) is 10.9 Å². The number of aromatic nitrogens is 2. The minimum absolute atomic E-state index is 0. The molecule has 0 bridgehead atoms. The first kappa shape index (κ1) is 12.4. The molecule has 0 atom stereocenters. The van der Waals surface area contributed by atoms with Crippen molar-refractivity contribution in [3.05, 3.63) is 36.7 Å². The van der Waals surface area contributed by atoms with Crippen molar-refractivity contribution < 1.29 is 27.0 Å². The normalized spacial score (nSPS) is 9.75. The van der Waals surface area contributed by atoms with Crippen LogP contribution in [-0.2, 0) is 11.3 Å². The second-order valence-corrected chi connectivity index (χ2v) is 3.31. The molecule has 0 aliphatic carbocycles. The van der Waals surface area contributed by atoms with Crippen LogP contribution in [-0.4, -0.2) is 16.2 Å². The Labute approximate surface area is 98.9 Å². The van der Waals surface area contributed by atoms with Gasteiger partial charge in [-0.3, -0.25) is 4.79 Å². The van der Waals surface area contributed by atoms with E-state index in [0.717, 1.165) is 10.8 Å². The number of nitrogens with zero attached hydrogens (tertiary/aromatic N) is 2. The molecular weight excluding hydrogens is 228 g/mol. The highest BCUT2D eigenvalue weighted by atomic mass is 35.5. The Morgan fingerprint density at radius 1 is 1.31 bits per heavy atom. The number of carbonyl (C=O) groups is 1. The number of rotatable bonds is 3. The minimum atomic E-state index is -0.808. The van der Waals surface area contributed by atoms with Crippen molar-refractivity contribution in [3.63, 3.8) is 0 Å². The summed E-state index contributed by atoms with van der Waals surface area (Å²) in [6, 6.07) is 7.85. The summed E-state index contributed by atoms with van der Waals surface area (Å²) in [6.45, 7) is 0.403. The number of hydrogen-bond acceptors (Lipinski definition) is 2. The Morgan fingerprint density at radius 2 is 2.00 bits per heavy atom. The van der Waals surface area contributed by atoms with Gasteiger partial charge in [-0.25, -0.2) is 0 Å². The molecule has 0 aliphatic rings. The topological polar surface area (TPSA) is 54.1 Å². The second-order valence-electron chi connectivity index (χ2n) is 3.31. The molecule has 0 spiro atoms. The van der Waals surface area contributed by atoms with Gasteiger partial charge in [-0.15, -0.1) is 0 Å². The number of fused-ring (bicyclic) bond motifs is 1. The van der Waals surface area contributed by atoms with Gasteiger partial charge in [-0.05, 0) is 11.2 Å². The zero-order valence-electron chi connectivity index (χ0n) is 8.51. The molecule has 16 heavy (non-hydrogen) atoms. The van der Waals surface area contributed by atoms with Gasteiger partial charge in [0.25, 0.3) is 0 Å². The second kappa shape index (κ2) is 5.42. The Kier molecular flexibility index (Phi) is 4.19. The maximum absolute atomic E-state index is 10.4. The van der Waals surface area contributed by atoms with Crippen LogP contribution in [0.2, 0.25) is 0 Å². The van der Waals surface area contributed by atoms with Crippen molar-refractivity contribution in [3.8, 4) is 0 Å². The number of halogens is 1. The van der Waals surface area contributed by atoms with Crippen LogP contribution >= 0.6 is 0 Å². The lowest BCUT2D eigenvalue weighted by Gasteiger charge is -1.95. The third-order valence-corrected chi connectivity index (χ3v) is 2.18. The highest BCUT2D eigenvalue weighted by Crippen LogP contribution is 2.08. The molecular formula is C11H11ClN2O2. The van der Waals surface area contributed by atoms with Gasteiger partial charge in [-0.2, -0.15) is 0 Å². The monoisotopic (exact) mass is 238 g/mol. The number of aryl methyl sites for hydroxylation is 1. The van der Waals surface area contributed by atoms with Crippen LogP contribution < -0.4 is 17.1 Å². The quantitative estimate of drug-likeness (QED) is 0.630. The first-order chi connectivity index (χ1) is 7.25. The maximum atomic E-state index is 10.4.